The number of carbonyl (C=O) groups is 1. The average Bonchev–Trinajstić information content (AvgIpc) is 2.11. The van der Waals surface area contributed by atoms with E-state index < -0.39 is 16.1 Å². The van der Waals surface area contributed by atoms with Crippen molar-refractivity contribution >= 4 is 39.7 Å². The molecule has 14 heavy (non-hydrogen) atoms. The maximum absolute atomic E-state index is 11.4. The maximum atomic E-state index is 11.4. The van der Waals surface area contributed by atoms with Gasteiger partial charge in [0.2, 0.25) is 0 Å². The molecule has 0 unspecified atom stereocenters. The summed E-state index contributed by atoms with van der Waals surface area (Å²) in [4.78, 5) is 11.4. The number of halogens is 2. The summed E-state index contributed by atoms with van der Waals surface area (Å²) in [5.41, 5.74) is 0. The van der Waals surface area contributed by atoms with Gasteiger partial charge in [0.25, 0.3) is 0 Å². The summed E-state index contributed by atoms with van der Waals surface area (Å²) in [6.07, 6.45) is 2.83. The van der Waals surface area contributed by atoms with Crippen molar-refractivity contribution in [3.8, 4) is 0 Å². The van der Waals surface area contributed by atoms with E-state index in [1.54, 1.807) is 0 Å². The van der Waals surface area contributed by atoms with E-state index in [1.807, 2.05) is 13.8 Å². The van der Waals surface area contributed by atoms with Crippen LogP contribution in [-0.4, -0.2) is 21.9 Å². The number of ketones is 1. The van der Waals surface area contributed by atoms with Gasteiger partial charge in [0.1, 0.15) is 0 Å². The fourth-order valence-electron chi connectivity index (χ4n) is 1.16. The molecule has 1 nitrogen and oxygen atoms in total. The van der Waals surface area contributed by atoms with E-state index in [0.29, 0.717) is 12.2 Å². The summed E-state index contributed by atoms with van der Waals surface area (Å²) in [5, 5.41) is 0. The zero-order chi connectivity index (χ0) is 11.2. The van der Waals surface area contributed by atoms with E-state index in [4.69, 9.17) is 17.8 Å². The van der Waals surface area contributed by atoms with Crippen LogP contribution in [0, 0.1) is 5.92 Å². The summed E-state index contributed by atoms with van der Waals surface area (Å²) < 4.78 is 1.77. The van der Waals surface area contributed by atoms with E-state index >= 15 is 0 Å². The zero-order valence-electron chi connectivity index (χ0n) is 9.28. The van der Waals surface area contributed by atoms with Gasteiger partial charge >= 0.3 is 99.4 Å². The first-order chi connectivity index (χ1) is 6.39. The molecule has 0 atom stereocenters. The Balaban J connectivity index is 3.80. The summed E-state index contributed by atoms with van der Waals surface area (Å²) in [6.45, 7) is 5.98. The zero-order valence-corrected chi connectivity index (χ0v) is 13.6. The Bertz CT molecular complexity index is 181. The SMILES string of the molecule is CCC[CH2][Sn]([Cl])([Cl])[CH2]CC(=O)C(C)C. The summed E-state index contributed by atoms with van der Waals surface area (Å²) in [6, 6.07) is 0. The van der Waals surface area contributed by atoms with Crippen LogP contribution in [0.3, 0.4) is 0 Å². The molecule has 0 rings (SSSR count). The van der Waals surface area contributed by atoms with Gasteiger partial charge in [0, 0.05) is 0 Å². The number of unbranched alkanes of at least 4 members (excludes halogenated alkanes) is 1. The van der Waals surface area contributed by atoms with Gasteiger partial charge in [-0.15, -0.1) is 0 Å². The fourth-order valence-corrected chi connectivity index (χ4v) is 9.16. The molecule has 0 N–H and O–H groups in total. The molecule has 0 aliphatic heterocycles. The Morgan fingerprint density at radius 3 is 2.29 bits per heavy atom. The topological polar surface area (TPSA) is 17.1 Å². The Morgan fingerprint density at radius 1 is 1.29 bits per heavy atom. The predicted octanol–water partition coefficient (Wildman–Crippen LogP) is 4.32. The predicted molar refractivity (Wildman–Crippen MR) is 66.4 cm³/mol. The van der Waals surface area contributed by atoms with E-state index in [0.717, 1.165) is 21.7 Å². The van der Waals surface area contributed by atoms with Crippen LogP contribution in [0.4, 0.5) is 0 Å². The monoisotopic (exact) mass is 346 g/mol. The molecule has 0 radical (unpaired) electrons. The normalized spacial score (nSPS) is 12.1. The van der Waals surface area contributed by atoms with E-state index in [-0.39, 0.29) is 5.92 Å². The van der Waals surface area contributed by atoms with Crippen LogP contribution in [0.15, 0.2) is 0 Å². The van der Waals surface area contributed by atoms with Crippen LogP contribution < -0.4 is 0 Å². The Labute approximate surface area is 98.8 Å². The van der Waals surface area contributed by atoms with Crippen molar-refractivity contribution in [1.29, 1.82) is 0 Å². The van der Waals surface area contributed by atoms with E-state index in [9.17, 15) is 4.79 Å². The molecule has 0 spiro atoms. The van der Waals surface area contributed by atoms with Crippen molar-refractivity contribution in [2.75, 3.05) is 0 Å². The number of hydrogen-bond donors (Lipinski definition) is 0. The third-order valence-corrected chi connectivity index (χ3v) is 13.2. The molecule has 0 fully saturated rings. The fraction of sp³-hybridized carbons (Fsp3) is 0.900. The summed E-state index contributed by atoms with van der Waals surface area (Å²) in [7, 11) is 12.6. The molecule has 0 heterocycles. The van der Waals surface area contributed by atoms with Gasteiger partial charge in [-0.25, -0.2) is 0 Å². The molecule has 4 heteroatoms. The third-order valence-electron chi connectivity index (χ3n) is 2.28. The van der Waals surface area contributed by atoms with Gasteiger partial charge in [-0.1, -0.05) is 0 Å². The van der Waals surface area contributed by atoms with Crippen molar-refractivity contribution in [2.45, 2.75) is 48.9 Å². The van der Waals surface area contributed by atoms with Crippen LogP contribution in [0.1, 0.15) is 40.0 Å². The summed E-state index contributed by atoms with van der Waals surface area (Å²) >= 11 is -2.83. The van der Waals surface area contributed by atoms with Crippen molar-refractivity contribution in [1.82, 2.24) is 0 Å². The number of Topliss-reactive ketones (excluding diaryl/α,β-unsaturated/α-hetero) is 1. The quantitative estimate of drug-likeness (QED) is 0.628. The molecule has 84 valence electrons. The van der Waals surface area contributed by atoms with Crippen LogP contribution >= 0.6 is 17.8 Å². The molecule has 0 bridgehead atoms. The van der Waals surface area contributed by atoms with Gasteiger partial charge in [0.05, 0.1) is 0 Å². The van der Waals surface area contributed by atoms with Crippen molar-refractivity contribution < 1.29 is 4.79 Å². The molecule has 0 amide bonds. The van der Waals surface area contributed by atoms with Crippen molar-refractivity contribution in [3.05, 3.63) is 0 Å². The molecule has 0 aliphatic carbocycles. The molecule has 0 saturated heterocycles. The Morgan fingerprint density at radius 2 is 1.86 bits per heavy atom. The Kier molecular flexibility index (Phi) is 7.89. The second-order valence-corrected chi connectivity index (χ2v) is 22.8. The molecule has 0 aromatic heterocycles. The first-order valence-corrected chi connectivity index (χ1v) is 16.6. The van der Waals surface area contributed by atoms with Gasteiger partial charge in [0.15, 0.2) is 0 Å². The molecular weight excluding hydrogens is 326 g/mol. The van der Waals surface area contributed by atoms with E-state index in [1.165, 1.54) is 0 Å². The molecule has 0 aromatic carbocycles. The second kappa shape index (κ2) is 7.34. The third kappa shape index (κ3) is 7.35. The molecule has 0 saturated carbocycles. The standard InChI is InChI=1S/C6H11O.C4H9.2ClH.Sn/c1-4-6(7)5(2)3;1-3-4-2;;;/h5H,1,4H2,2-3H3;1,3-4H2,2H3;2*1H;/q;;;;+2/p-2. The average molecular weight is 346 g/mol. The summed E-state index contributed by atoms with van der Waals surface area (Å²) in [5.74, 6) is 0.417. The minimum absolute atomic E-state index is 0.122. The second-order valence-electron chi connectivity index (χ2n) is 4.08. The van der Waals surface area contributed by atoms with Gasteiger partial charge in [-0.2, -0.15) is 0 Å². The molecule has 0 aliphatic rings. The Hall–Kier alpha value is 1.05. The van der Waals surface area contributed by atoms with E-state index in [2.05, 4.69) is 6.92 Å². The van der Waals surface area contributed by atoms with Crippen LogP contribution in [0.25, 0.3) is 0 Å². The first-order valence-electron chi connectivity index (χ1n) is 5.29. The minimum atomic E-state index is -2.83. The number of hydrogen-bond acceptors (Lipinski definition) is 1. The molecular formula is C10H20Cl2OSn. The van der Waals surface area contributed by atoms with Crippen LogP contribution in [0.5, 0.6) is 0 Å². The van der Waals surface area contributed by atoms with Crippen LogP contribution in [-0.2, 0) is 4.79 Å². The van der Waals surface area contributed by atoms with Crippen molar-refractivity contribution in [3.63, 3.8) is 0 Å². The van der Waals surface area contributed by atoms with Crippen LogP contribution in [0.2, 0.25) is 8.87 Å². The first kappa shape index (κ1) is 15.0. The molecule has 0 aromatic rings. The van der Waals surface area contributed by atoms with Gasteiger partial charge < -0.3 is 0 Å². The number of carbonyl (C=O) groups excluding carboxylic acids is 1. The van der Waals surface area contributed by atoms with Crippen molar-refractivity contribution in [2.24, 2.45) is 5.92 Å². The van der Waals surface area contributed by atoms with Gasteiger partial charge in [-0.3, -0.25) is 0 Å². The van der Waals surface area contributed by atoms with Gasteiger partial charge in [-0.05, 0) is 0 Å². The number of rotatable bonds is 7.